The molecule has 1 fully saturated rings. The van der Waals surface area contributed by atoms with Crippen LogP contribution < -0.4 is 4.74 Å². The molecule has 3 nitrogen and oxygen atoms in total. The molecule has 6 aromatic rings. The first kappa shape index (κ1) is 27.6. The van der Waals surface area contributed by atoms with Crippen molar-refractivity contribution in [2.75, 3.05) is 19.0 Å². The predicted molar refractivity (Wildman–Crippen MR) is 180 cm³/mol. The van der Waals surface area contributed by atoms with Gasteiger partial charge in [-0.25, -0.2) is 0 Å². The minimum Gasteiger partial charge on any atom is -0.492 e. The first-order chi connectivity index (χ1) is 21.3. The monoisotopic (exact) mass is 580 g/mol. The van der Waals surface area contributed by atoms with Crippen molar-refractivity contribution in [1.29, 1.82) is 0 Å². The Balaban J connectivity index is 1.06. The lowest BCUT2D eigenvalue weighted by molar-refractivity contribution is 0.202. The number of ether oxygens (including phenoxy) is 1. The van der Waals surface area contributed by atoms with E-state index in [0.29, 0.717) is 11.9 Å². The van der Waals surface area contributed by atoms with E-state index in [2.05, 4.69) is 173 Å². The molecule has 0 radical (unpaired) electrons. The molecule has 0 amide bonds. The van der Waals surface area contributed by atoms with E-state index in [1.165, 1.54) is 33.2 Å². The lowest BCUT2D eigenvalue weighted by Gasteiger charge is -2.43. The van der Waals surface area contributed by atoms with Gasteiger partial charge in [0.05, 0.1) is 12.1 Å². The van der Waals surface area contributed by atoms with Crippen molar-refractivity contribution >= 4 is 22.7 Å². The Hall–Kier alpha value is -4.25. The number of nitrogens with zero attached hydrogens (tertiary/aromatic N) is 2. The second-order valence-electron chi connectivity index (χ2n) is 11.2. The molecule has 1 unspecified atom stereocenters. The highest BCUT2D eigenvalue weighted by atomic mass is 32.2. The van der Waals surface area contributed by atoms with E-state index < -0.39 is 0 Å². The second-order valence-corrected chi connectivity index (χ2v) is 12.5. The summed E-state index contributed by atoms with van der Waals surface area (Å²) in [4.78, 5) is 2.69. The van der Waals surface area contributed by atoms with Crippen LogP contribution in [0.5, 0.6) is 5.75 Å². The topological polar surface area (TPSA) is 17.4 Å². The Bertz CT molecular complexity index is 1650. The molecule has 4 heteroatoms. The number of rotatable bonds is 10. The van der Waals surface area contributed by atoms with Gasteiger partial charge in [-0.15, -0.1) is 11.8 Å². The normalized spacial score (nSPS) is 15.6. The summed E-state index contributed by atoms with van der Waals surface area (Å²) in [6, 6.07) is 52.4. The molecule has 7 rings (SSSR count). The van der Waals surface area contributed by atoms with Gasteiger partial charge in [0.2, 0.25) is 0 Å². The second kappa shape index (κ2) is 12.5. The van der Waals surface area contributed by atoms with Crippen LogP contribution >= 0.6 is 11.8 Å². The van der Waals surface area contributed by atoms with Crippen molar-refractivity contribution in [2.45, 2.75) is 23.8 Å². The van der Waals surface area contributed by atoms with Gasteiger partial charge in [-0.2, -0.15) is 0 Å². The van der Waals surface area contributed by atoms with E-state index in [9.17, 15) is 0 Å². The molecule has 0 aliphatic carbocycles. The highest BCUT2D eigenvalue weighted by Gasteiger charge is 2.45. The molecule has 0 N–H and O–H groups in total. The van der Waals surface area contributed by atoms with Crippen molar-refractivity contribution in [3.8, 4) is 5.75 Å². The molecule has 2 heterocycles. The summed E-state index contributed by atoms with van der Waals surface area (Å²) in [6.07, 6.45) is 3.17. The van der Waals surface area contributed by atoms with Gasteiger partial charge in [-0.05, 0) is 58.3 Å². The highest BCUT2D eigenvalue weighted by molar-refractivity contribution is 8.00. The van der Waals surface area contributed by atoms with Gasteiger partial charge in [-0.1, -0.05) is 121 Å². The molecule has 1 saturated heterocycles. The molecule has 214 valence electrons. The van der Waals surface area contributed by atoms with E-state index >= 15 is 0 Å². The number of benzene rings is 5. The summed E-state index contributed by atoms with van der Waals surface area (Å²) in [5.74, 6) is 1.90. The van der Waals surface area contributed by atoms with E-state index in [1.54, 1.807) is 0 Å². The van der Waals surface area contributed by atoms with Gasteiger partial charge in [-0.3, -0.25) is 4.90 Å². The average molecular weight is 581 g/mol. The lowest BCUT2D eigenvalue weighted by atomic mass is 9.75. The van der Waals surface area contributed by atoms with E-state index in [4.69, 9.17) is 4.74 Å². The molecule has 1 atom stereocenters. The average Bonchev–Trinajstić information content (AvgIpc) is 3.71. The Morgan fingerprint density at radius 3 is 1.86 bits per heavy atom. The van der Waals surface area contributed by atoms with Crippen molar-refractivity contribution in [2.24, 2.45) is 0 Å². The summed E-state index contributed by atoms with van der Waals surface area (Å²) >= 11 is 2.07. The fraction of sp³-hybridized carbons (Fsp3) is 0.179. The van der Waals surface area contributed by atoms with Gasteiger partial charge in [0.1, 0.15) is 12.4 Å². The summed E-state index contributed by atoms with van der Waals surface area (Å²) in [7, 11) is 0. The van der Waals surface area contributed by atoms with Crippen molar-refractivity contribution < 1.29 is 4.74 Å². The van der Waals surface area contributed by atoms with Crippen LogP contribution in [0.2, 0.25) is 0 Å². The maximum atomic E-state index is 6.13. The number of hydrogen-bond donors (Lipinski definition) is 0. The molecule has 1 aliphatic heterocycles. The Kier molecular flexibility index (Phi) is 8.04. The molecule has 0 saturated carbocycles. The summed E-state index contributed by atoms with van der Waals surface area (Å²) < 4.78 is 8.38. The molecule has 1 aromatic heterocycles. The standard InChI is InChI=1S/C39H36N2OS/c1-4-13-33(14-5-1)39(34-15-6-2-7-16-34,35-17-8-3-9-18-35)41-29-37(43-30-41)28-31-20-22-36(23-21-31)42-27-26-40-25-24-32-12-10-11-19-38(32)40/h1-25,37H,26-30H2. The number of hydrogen-bond acceptors (Lipinski definition) is 3. The molecular weight excluding hydrogens is 545 g/mol. The number of aromatic nitrogens is 1. The Labute approximate surface area is 258 Å². The maximum Gasteiger partial charge on any atom is 0.119 e. The molecular formula is C39H36N2OS. The van der Waals surface area contributed by atoms with Gasteiger partial charge in [0.25, 0.3) is 0 Å². The third-order valence-electron chi connectivity index (χ3n) is 8.61. The van der Waals surface area contributed by atoms with Crippen LogP contribution in [0, 0.1) is 0 Å². The zero-order chi connectivity index (χ0) is 28.9. The SMILES string of the molecule is c1ccc(C(c2ccccc2)(c2ccccc2)N2CSC(Cc3ccc(OCCn4ccc5ccccc54)cc3)C2)cc1. The van der Waals surface area contributed by atoms with Crippen molar-refractivity contribution in [1.82, 2.24) is 9.47 Å². The van der Waals surface area contributed by atoms with Gasteiger partial charge in [0.15, 0.2) is 0 Å². The zero-order valence-corrected chi connectivity index (χ0v) is 25.1. The Morgan fingerprint density at radius 2 is 1.23 bits per heavy atom. The minimum atomic E-state index is -0.353. The van der Waals surface area contributed by atoms with Crippen molar-refractivity contribution in [3.63, 3.8) is 0 Å². The third-order valence-corrected chi connectivity index (χ3v) is 9.85. The van der Waals surface area contributed by atoms with Gasteiger partial charge < -0.3 is 9.30 Å². The van der Waals surface area contributed by atoms with Gasteiger partial charge >= 0.3 is 0 Å². The Morgan fingerprint density at radius 1 is 0.651 bits per heavy atom. The van der Waals surface area contributed by atoms with E-state index in [1.807, 2.05) is 0 Å². The summed E-state index contributed by atoms with van der Waals surface area (Å²) in [6.45, 7) is 2.48. The van der Waals surface area contributed by atoms with Crippen LogP contribution in [-0.4, -0.2) is 33.7 Å². The summed E-state index contributed by atoms with van der Waals surface area (Å²) in [5.41, 5.74) is 6.18. The van der Waals surface area contributed by atoms with Crippen LogP contribution in [0.1, 0.15) is 22.3 Å². The third kappa shape index (κ3) is 5.61. The van der Waals surface area contributed by atoms with E-state index in [-0.39, 0.29) is 5.54 Å². The molecule has 43 heavy (non-hydrogen) atoms. The number of thioether (sulfide) groups is 1. The molecule has 5 aromatic carbocycles. The van der Waals surface area contributed by atoms with Crippen LogP contribution in [0.4, 0.5) is 0 Å². The predicted octanol–water partition coefficient (Wildman–Crippen LogP) is 8.63. The fourth-order valence-corrected chi connectivity index (χ4v) is 7.86. The zero-order valence-electron chi connectivity index (χ0n) is 24.3. The first-order valence-electron chi connectivity index (χ1n) is 15.1. The molecule has 1 aliphatic rings. The lowest BCUT2D eigenvalue weighted by Crippen LogP contribution is -2.47. The maximum absolute atomic E-state index is 6.13. The number of fused-ring (bicyclic) bond motifs is 1. The molecule has 0 bridgehead atoms. The first-order valence-corrected chi connectivity index (χ1v) is 16.1. The van der Waals surface area contributed by atoms with E-state index in [0.717, 1.165) is 31.1 Å². The van der Waals surface area contributed by atoms with Gasteiger partial charge in [0, 0.05) is 29.4 Å². The highest BCUT2D eigenvalue weighted by Crippen LogP contribution is 2.46. The minimum absolute atomic E-state index is 0.353. The van der Waals surface area contributed by atoms with Crippen LogP contribution in [0.15, 0.2) is 152 Å². The number of para-hydroxylation sites is 1. The van der Waals surface area contributed by atoms with Crippen LogP contribution in [0.25, 0.3) is 10.9 Å². The quantitative estimate of drug-likeness (QED) is 0.151. The fourth-order valence-electron chi connectivity index (χ4n) is 6.57. The van der Waals surface area contributed by atoms with Crippen molar-refractivity contribution in [3.05, 3.63) is 174 Å². The summed E-state index contributed by atoms with van der Waals surface area (Å²) in [5, 5.41) is 1.77. The van der Waals surface area contributed by atoms with Crippen LogP contribution in [0.3, 0.4) is 0 Å². The smallest absolute Gasteiger partial charge is 0.119 e. The molecule has 0 spiro atoms. The largest absolute Gasteiger partial charge is 0.492 e. The van der Waals surface area contributed by atoms with Crippen LogP contribution in [-0.2, 0) is 18.5 Å².